The van der Waals surface area contributed by atoms with Gasteiger partial charge in [0.15, 0.2) is 0 Å². The third-order valence-electron chi connectivity index (χ3n) is 4.68. The van der Waals surface area contributed by atoms with Gasteiger partial charge in [-0.25, -0.2) is 0 Å². The fourth-order valence-electron chi connectivity index (χ4n) is 3.83. The minimum Gasteiger partial charge on any atom is -0.377 e. The molecule has 0 bridgehead atoms. The Morgan fingerprint density at radius 1 is 1.00 bits per heavy atom. The molecule has 2 fully saturated rings. The zero-order chi connectivity index (χ0) is 12.8. The van der Waals surface area contributed by atoms with Gasteiger partial charge in [-0.15, -0.1) is 0 Å². The molecule has 0 heterocycles. The average molecular weight is 253 g/mol. The predicted octanol–water partition coefficient (Wildman–Crippen LogP) is 3.61. The SMILES string of the molecule is CC1CC(C)CC(OCCNCC2CCCC2)C1. The molecule has 2 aliphatic carbocycles. The van der Waals surface area contributed by atoms with Crippen molar-refractivity contribution in [2.24, 2.45) is 17.8 Å². The van der Waals surface area contributed by atoms with Gasteiger partial charge in [-0.1, -0.05) is 26.7 Å². The highest BCUT2D eigenvalue weighted by Crippen LogP contribution is 2.30. The van der Waals surface area contributed by atoms with Crippen molar-refractivity contribution >= 4 is 0 Å². The maximum atomic E-state index is 6.03. The first-order valence-electron chi connectivity index (χ1n) is 8.06. The zero-order valence-electron chi connectivity index (χ0n) is 12.3. The Morgan fingerprint density at radius 2 is 1.67 bits per heavy atom. The highest BCUT2D eigenvalue weighted by molar-refractivity contribution is 4.75. The van der Waals surface area contributed by atoms with Crippen LogP contribution in [0.5, 0.6) is 0 Å². The third kappa shape index (κ3) is 4.89. The molecule has 0 saturated heterocycles. The van der Waals surface area contributed by atoms with Gasteiger partial charge < -0.3 is 10.1 Å². The number of hydrogen-bond donors (Lipinski definition) is 1. The summed E-state index contributed by atoms with van der Waals surface area (Å²) in [4.78, 5) is 0. The first kappa shape index (κ1) is 14.3. The smallest absolute Gasteiger partial charge is 0.0594 e. The van der Waals surface area contributed by atoms with E-state index in [4.69, 9.17) is 4.74 Å². The van der Waals surface area contributed by atoms with Gasteiger partial charge in [0, 0.05) is 6.54 Å². The van der Waals surface area contributed by atoms with Crippen LogP contribution in [0, 0.1) is 17.8 Å². The summed E-state index contributed by atoms with van der Waals surface area (Å²) in [5.74, 6) is 2.65. The van der Waals surface area contributed by atoms with Crippen LogP contribution in [0.2, 0.25) is 0 Å². The Labute approximate surface area is 113 Å². The molecule has 2 atom stereocenters. The lowest BCUT2D eigenvalue weighted by Crippen LogP contribution is -2.30. The molecule has 2 saturated carbocycles. The maximum absolute atomic E-state index is 6.03. The van der Waals surface area contributed by atoms with Crippen molar-refractivity contribution in [3.8, 4) is 0 Å². The van der Waals surface area contributed by atoms with Crippen LogP contribution in [0.25, 0.3) is 0 Å². The molecule has 2 aliphatic rings. The van der Waals surface area contributed by atoms with E-state index >= 15 is 0 Å². The number of rotatable bonds is 6. The van der Waals surface area contributed by atoms with Gasteiger partial charge >= 0.3 is 0 Å². The van der Waals surface area contributed by atoms with E-state index in [2.05, 4.69) is 19.2 Å². The van der Waals surface area contributed by atoms with E-state index in [1.165, 1.54) is 51.5 Å². The Bertz CT molecular complexity index is 215. The monoisotopic (exact) mass is 253 g/mol. The van der Waals surface area contributed by atoms with E-state index in [1.807, 2.05) is 0 Å². The van der Waals surface area contributed by atoms with Crippen LogP contribution in [0.3, 0.4) is 0 Å². The standard InChI is InChI=1S/C16H31NO/c1-13-9-14(2)11-16(10-13)18-8-7-17-12-15-5-3-4-6-15/h13-17H,3-12H2,1-2H3. The Morgan fingerprint density at radius 3 is 2.33 bits per heavy atom. The zero-order valence-corrected chi connectivity index (χ0v) is 12.3. The lowest BCUT2D eigenvalue weighted by atomic mass is 9.82. The Kier molecular flexibility index (Phi) is 5.97. The topological polar surface area (TPSA) is 21.3 Å². The highest BCUT2D eigenvalue weighted by atomic mass is 16.5. The molecule has 0 aliphatic heterocycles. The summed E-state index contributed by atoms with van der Waals surface area (Å²) in [5.41, 5.74) is 0. The molecular weight excluding hydrogens is 222 g/mol. The van der Waals surface area contributed by atoms with Gasteiger partial charge in [0.05, 0.1) is 12.7 Å². The third-order valence-corrected chi connectivity index (χ3v) is 4.68. The van der Waals surface area contributed by atoms with Gasteiger partial charge in [0.2, 0.25) is 0 Å². The quantitative estimate of drug-likeness (QED) is 0.730. The Hall–Kier alpha value is -0.0800. The lowest BCUT2D eigenvalue weighted by Gasteiger charge is -2.31. The maximum Gasteiger partial charge on any atom is 0.0594 e. The van der Waals surface area contributed by atoms with Crippen LogP contribution in [-0.4, -0.2) is 25.8 Å². The van der Waals surface area contributed by atoms with Crippen molar-refractivity contribution < 1.29 is 4.74 Å². The van der Waals surface area contributed by atoms with E-state index in [9.17, 15) is 0 Å². The largest absolute Gasteiger partial charge is 0.377 e. The van der Waals surface area contributed by atoms with E-state index in [0.29, 0.717) is 6.10 Å². The van der Waals surface area contributed by atoms with E-state index < -0.39 is 0 Å². The second-order valence-electron chi connectivity index (χ2n) is 6.76. The molecule has 0 aromatic rings. The van der Waals surface area contributed by atoms with Crippen LogP contribution in [-0.2, 0) is 4.74 Å². The predicted molar refractivity (Wildman–Crippen MR) is 76.7 cm³/mol. The fourth-order valence-corrected chi connectivity index (χ4v) is 3.83. The van der Waals surface area contributed by atoms with E-state index in [-0.39, 0.29) is 0 Å². The van der Waals surface area contributed by atoms with Crippen LogP contribution < -0.4 is 5.32 Å². The summed E-state index contributed by atoms with van der Waals surface area (Å²) < 4.78 is 6.03. The molecule has 2 rings (SSSR count). The van der Waals surface area contributed by atoms with Gasteiger partial charge in [0.1, 0.15) is 0 Å². The second kappa shape index (κ2) is 7.49. The summed E-state index contributed by atoms with van der Waals surface area (Å²) in [6, 6.07) is 0. The van der Waals surface area contributed by atoms with Crippen molar-refractivity contribution in [2.75, 3.05) is 19.7 Å². The van der Waals surface area contributed by atoms with Crippen molar-refractivity contribution in [2.45, 2.75) is 64.9 Å². The first-order chi connectivity index (χ1) is 8.74. The van der Waals surface area contributed by atoms with Crippen molar-refractivity contribution in [1.82, 2.24) is 5.32 Å². The van der Waals surface area contributed by atoms with Crippen LogP contribution in [0.4, 0.5) is 0 Å². The highest BCUT2D eigenvalue weighted by Gasteiger charge is 2.24. The van der Waals surface area contributed by atoms with Gasteiger partial charge in [0.25, 0.3) is 0 Å². The van der Waals surface area contributed by atoms with Crippen molar-refractivity contribution in [3.05, 3.63) is 0 Å². The van der Waals surface area contributed by atoms with Gasteiger partial charge in [-0.2, -0.15) is 0 Å². The minimum atomic E-state index is 0.525. The molecule has 0 aromatic carbocycles. The molecule has 0 amide bonds. The molecule has 0 radical (unpaired) electrons. The molecular formula is C16H31NO. The molecule has 0 aromatic heterocycles. The van der Waals surface area contributed by atoms with Crippen molar-refractivity contribution in [1.29, 1.82) is 0 Å². The van der Waals surface area contributed by atoms with Gasteiger partial charge in [-0.05, 0) is 56.4 Å². The summed E-state index contributed by atoms with van der Waals surface area (Å²) in [5, 5.41) is 3.56. The van der Waals surface area contributed by atoms with Gasteiger partial charge in [-0.3, -0.25) is 0 Å². The van der Waals surface area contributed by atoms with Crippen LogP contribution in [0.1, 0.15) is 58.8 Å². The second-order valence-corrected chi connectivity index (χ2v) is 6.76. The summed E-state index contributed by atoms with van der Waals surface area (Å²) in [6.45, 7) is 7.88. The molecule has 18 heavy (non-hydrogen) atoms. The average Bonchev–Trinajstić information content (AvgIpc) is 2.80. The number of nitrogens with one attached hydrogen (secondary N) is 1. The lowest BCUT2D eigenvalue weighted by molar-refractivity contribution is 0.00254. The van der Waals surface area contributed by atoms with E-state index in [0.717, 1.165) is 30.9 Å². The van der Waals surface area contributed by atoms with Crippen LogP contribution >= 0.6 is 0 Å². The summed E-state index contributed by atoms with van der Waals surface area (Å²) >= 11 is 0. The molecule has 1 N–H and O–H groups in total. The molecule has 106 valence electrons. The number of ether oxygens (including phenoxy) is 1. The first-order valence-corrected chi connectivity index (χ1v) is 8.06. The summed E-state index contributed by atoms with van der Waals surface area (Å²) in [7, 11) is 0. The molecule has 2 nitrogen and oxygen atoms in total. The van der Waals surface area contributed by atoms with E-state index in [1.54, 1.807) is 0 Å². The molecule has 0 spiro atoms. The normalized spacial score (nSPS) is 34.0. The summed E-state index contributed by atoms with van der Waals surface area (Å²) in [6.07, 6.45) is 10.2. The minimum absolute atomic E-state index is 0.525. The fraction of sp³-hybridized carbons (Fsp3) is 1.00. The molecule has 2 unspecified atom stereocenters. The van der Waals surface area contributed by atoms with Crippen LogP contribution in [0.15, 0.2) is 0 Å². The Balaban J connectivity index is 1.49. The van der Waals surface area contributed by atoms with Crippen molar-refractivity contribution in [3.63, 3.8) is 0 Å². The number of hydrogen-bond acceptors (Lipinski definition) is 2. The molecule has 2 heteroatoms.